The molecule has 0 spiro atoms. The number of ether oxygens (including phenoxy) is 1. The molecule has 20 heavy (non-hydrogen) atoms. The van der Waals surface area contributed by atoms with Gasteiger partial charge in [-0.1, -0.05) is 40.2 Å². The molecule has 0 aliphatic heterocycles. The van der Waals surface area contributed by atoms with Gasteiger partial charge in [0.15, 0.2) is 0 Å². The Morgan fingerprint density at radius 3 is 2.90 bits per heavy atom. The maximum atomic E-state index is 10.1. The molecule has 0 saturated heterocycles. The summed E-state index contributed by atoms with van der Waals surface area (Å²) in [7, 11) is 0. The van der Waals surface area contributed by atoms with E-state index in [1.165, 1.54) is 5.56 Å². The van der Waals surface area contributed by atoms with Gasteiger partial charge < -0.3 is 9.84 Å². The molecule has 1 N–H and O–H groups in total. The molecule has 104 valence electrons. The molecule has 3 heteroatoms. The first kappa shape index (κ1) is 13.7. The van der Waals surface area contributed by atoms with Gasteiger partial charge >= 0.3 is 0 Å². The highest BCUT2D eigenvalue weighted by atomic mass is 79.9. The van der Waals surface area contributed by atoms with E-state index in [4.69, 9.17) is 4.74 Å². The maximum absolute atomic E-state index is 10.1. The molecule has 0 unspecified atom stereocenters. The average Bonchev–Trinajstić information content (AvgIpc) is 2.47. The topological polar surface area (TPSA) is 29.5 Å². The Hall–Kier alpha value is -1.32. The Bertz CT molecular complexity index is 610. The normalized spacial score (nSPS) is 17.6. The summed E-state index contributed by atoms with van der Waals surface area (Å²) in [5.41, 5.74) is 3.39. The highest BCUT2D eigenvalue weighted by Crippen LogP contribution is 2.32. The van der Waals surface area contributed by atoms with Crippen molar-refractivity contribution in [2.45, 2.75) is 32.0 Å². The fourth-order valence-corrected chi connectivity index (χ4v) is 3.02. The van der Waals surface area contributed by atoms with Crippen LogP contribution in [-0.2, 0) is 13.0 Å². The van der Waals surface area contributed by atoms with Crippen molar-refractivity contribution in [1.29, 1.82) is 0 Å². The smallest absolute Gasteiger partial charge is 0.120 e. The van der Waals surface area contributed by atoms with E-state index in [1.807, 2.05) is 36.4 Å². The standard InChI is InChI=1S/C17H17BrO2/c18-16-6-2-1-4-13(16)11-20-14-9-8-12-5-3-7-17(19)15(12)10-14/h1-2,4,6,8-10,17,19H,3,5,7,11H2/t17-/m0/s1. The van der Waals surface area contributed by atoms with Crippen LogP contribution < -0.4 is 4.74 Å². The molecule has 1 aliphatic carbocycles. The van der Waals surface area contributed by atoms with Crippen molar-refractivity contribution >= 4 is 15.9 Å². The summed E-state index contributed by atoms with van der Waals surface area (Å²) < 4.78 is 6.90. The fourth-order valence-electron chi connectivity index (χ4n) is 2.62. The lowest BCUT2D eigenvalue weighted by Crippen LogP contribution is -2.09. The Morgan fingerprint density at radius 1 is 1.20 bits per heavy atom. The minimum Gasteiger partial charge on any atom is -0.489 e. The SMILES string of the molecule is O[C@H]1CCCc2ccc(OCc3ccccc3Br)cc21. The van der Waals surface area contributed by atoms with Crippen LogP contribution in [-0.4, -0.2) is 5.11 Å². The molecule has 1 aliphatic rings. The Balaban J connectivity index is 1.75. The van der Waals surface area contributed by atoms with E-state index in [2.05, 4.69) is 22.0 Å². The zero-order valence-electron chi connectivity index (χ0n) is 11.2. The molecule has 2 aromatic carbocycles. The lowest BCUT2D eigenvalue weighted by molar-refractivity contribution is 0.156. The van der Waals surface area contributed by atoms with Crippen molar-refractivity contribution in [2.75, 3.05) is 0 Å². The molecule has 1 atom stereocenters. The van der Waals surface area contributed by atoms with Crippen LogP contribution in [0.1, 0.15) is 35.6 Å². The van der Waals surface area contributed by atoms with Crippen molar-refractivity contribution in [2.24, 2.45) is 0 Å². The predicted molar refractivity (Wildman–Crippen MR) is 82.8 cm³/mol. The van der Waals surface area contributed by atoms with Gasteiger partial charge in [0.05, 0.1) is 6.10 Å². The van der Waals surface area contributed by atoms with Crippen molar-refractivity contribution in [3.63, 3.8) is 0 Å². The number of aryl methyl sites for hydroxylation is 1. The molecule has 0 amide bonds. The number of benzene rings is 2. The van der Waals surface area contributed by atoms with Crippen LogP contribution in [0.15, 0.2) is 46.9 Å². The van der Waals surface area contributed by atoms with Gasteiger partial charge in [0, 0.05) is 10.0 Å². The van der Waals surface area contributed by atoms with Gasteiger partial charge in [-0.2, -0.15) is 0 Å². The molecule has 0 bridgehead atoms. The second-order valence-electron chi connectivity index (χ2n) is 5.15. The number of fused-ring (bicyclic) bond motifs is 1. The molecule has 0 fully saturated rings. The molecule has 0 aromatic heterocycles. The van der Waals surface area contributed by atoms with Gasteiger partial charge in [0.1, 0.15) is 12.4 Å². The van der Waals surface area contributed by atoms with Gasteiger partial charge in [-0.05, 0) is 48.6 Å². The van der Waals surface area contributed by atoms with Crippen LogP contribution in [0.5, 0.6) is 5.75 Å². The van der Waals surface area contributed by atoms with Crippen LogP contribution in [0.2, 0.25) is 0 Å². The number of aliphatic hydroxyl groups is 1. The zero-order valence-corrected chi connectivity index (χ0v) is 12.8. The van der Waals surface area contributed by atoms with Gasteiger partial charge in [-0.15, -0.1) is 0 Å². The van der Waals surface area contributed by atoms with Crippen LogP contribution >= 0.6 is 15.9 Å². The molecule has 0 radical (unpaired) electrons. The first-order valence-corrected chi connectivity index (χ1v) is 7.70. The third-order valence-electron chi connectivity index (χ3n) is 3.75. The zero-order chi connectivity index (χ0) is 13.9. The number of aliphatic hydroxyl groups excluding tert-OH is 1. The third-order valence-corrected chi connectivity index (χ3v) is 4.53. The number of hydrogen-bond acceptors (Lipinski definition) is 2. The number of hydrogen-bond donors (Lipinski definition) is 1. The van der Waals surface area contributed by atoms with Crippen molar-refractivity contribution in [1.82, 2.24) is 0 Å². The van der Waals surface area contributed by atoms with Crippen LogP contribution in [0.4, 0.5) is 0 Å². The summed E-state index contributed by atoms with van der Waals surface area (Å²) in [5, 5.41) is 10.1. The highest BCUT2D eigenvalue weighted by molar-refractivity contribution is 9.10. The lowest BCUT2D eigenvalue weighted by Gasteiger charge is -2.22. The van der Waals surface area contributed by atoms with Gasteiger partial charge in [0.25, 0.3) is 0 Å². The highest BCUT2D eigenvalue weighted by Gasteiger charge is 2.18. The molecule has 0 saturated carbocycles. The lowest BCUT2D eigenvalue weighted by atomic mass is 9.89. The van der Waals surface area contributed by atoms with Gasteiger partial charge in [-0.3, -0.25) is 0 Å². The second-order valence-corrected chi connectivity index (χ2v) is 6.00. The molecule has 0 heterocycles. The molecule has 2 aromatic rings. The van der Waals surface area contributed by atoms with Crippen LogP contribution in [0.3, 0.4) is 0 Å². The minimum absolute atomic E-state index is 0.342. The van der Waals surface area contributed by atoms with Crippen molar-refractivity contribution in [3.05, 3.63) is 63.6 Å². The minimum atomic E-state index is -0.342. The molecule has 3 rings (SSSR count). The first-order valence-electron chi connectivity index (χ1n) is 6.91. The van der Waals surface area contributed by atoms with Crippen LogP contribution in [0.25, 0.3) is 0 Å². The van der Waals surface area contributed by atoms with Crippen molar-refractivity contribution in [3.8, 4) is 5.75 Å². The van der Waals surface area contributed by atoms with E-state index in [-0.39, 0.29) is 6.10 Å². The number of halogens is 1. The molecule has 2 nitrogen and oxygen atoms in total. The van der Waals surface area contributed by atoms with Gasteiger partial charge in [0.2, 0.25) is 0 Å². The van der Waals surface area contributed by atoms with E-state index >= 15 is 0 Å². The van der Waals surface area contributed by atoms with Crippen molar-refractivity contribution < 1.29 is 9.84 Å². The van der Waals surface area contributed by atoms with E-state index in [1.54, 1.807) is 0 Å². The quantitative estimate of drug-likeness (QED) is 0.902. The monoisotopic (exact) mass is 332 g/mol. The Labute approximate surface area is 127 Å². The van der Waals surface area contributed by atoms with E-state index < -0.39 is 0 Å². The predicted octanol–water partition coefficient (Wildman–Crippen LogP) is 4.40. The summed E-state index contributed by atoms with van der Waals surface area (Å²) in [6, 6.07) is 14.1. The summed E-state index contributed by atoms with van der Waals surface area (Å²) in [6.45, 7) is 0.524. The average molecular weight is 333 g/mol. The van der Waals surface area contributed by atoms with Crippen LogP contribution in [0, 0.1) is 0 Å². The summed E-state index contributed by atoms with van der Waals surface area (Å²) in [6.07, 6.45) is 2.62. The first-order chi connectivity index (χ1) is 9.74. The molecular formula is C17H17BrO2. The largest absolute Gasteiger partial charge is 0.489 e. The summed E-state index contributed by atoms with van der Waals surface area (Å²) in [5.74, 6) is 0.820. The second kappa shape index (κ2) is 5.98. The van der Waals surface area contributed by atoms with Gasteiger partial charge in [-0.25, -0.2) is 0 Å². The van der Waals surface area contributed by atoms with E-state index in [9.17, 15) is 5.11 Å². The Morgan fingerprint density at radius 2 is 2.05 bits per heavy atom. The number of rotatable bonds is 3. The van der Waals surface area contributed by atoms with E-state index in [0.29, 0.717) is 6.61 Å². The maximum Gasteiger partial charge on any atom is 0.120 e. The Kier molecular flexibility index (Phi) is 4.08. The summed E-state index contributed by atoms with van der Waals surface area (Å²) >= 11 is 3.52. The molecular weight excluding hydrogens is 316 g/mol. The summed E-state index contributed by atoms with van der Waals surface area (Å²) in [4.78, 5) is 0. The van der Waals surface area contributed by atoms with E-state index in [0.717, 1.165) is 40.6 Å². The fraction of sp³-hybridized carbons (Fsp3) is 0.294. The third kappa shape index (κ3) is 2.89.